The Morgan fingerprint density at radius 2 is 1.86 bits per heavy atom. The molecule has 0 aliphatic carbocycles. The predicted molar refractivity (Wildman–Crippen MR) is 81.5 cm³/mol. The van der Waals surface area contributed by atoms with E-state index in [0.717, 1.165) is 5.56 Å². The van der Waals surface area contributed by atoms with Gasteiger partial charge in [-0.15, -0.1) is 0 Å². The van der Waals surface area contributed by atoms with Crippen LogP contribution in [0.5, 0.6) is 5.75 Å². The highest BCUT2D eigenvalue weighted by atomic mass is 35.5. The Balaban J connectivity index is 2.29. The van der Waals surface area contributed by atoms with Crippen LogP contribution in [0.3, 0.4) is 0 Å². The van der Waals surface area contributed by atoms with Gasteiger partial charge in [0.15, 0.2) is 0 Å². The van der Waals surface area contributed by atoms with Crippen molar-refractivity contribution in [2.45, 2.75) is 40.0 Å². The zero-order valence-corrected chi connectivity index (χ0v) is 13.4. The van der Waals surface area contributed by atoms with Crippen LogP contribution in [-0.2, 0) is 14.3 Å². The molecule has 0 unspecified atom stereocenters. The number of carbonyl (C=O) groups is 2. The predicted octanol–water partition coefficient (Wildman–Crippen LogP) is 3.92. The van der Waals surface area contributed by atoms with Crippen LogP contribution >= 0.6 is 11.6 Å². The van der Waals surface area contributed by atoms with E-state index in [9.17, 15) is 9.59 Å². The van der Waals surface area contributed by atoms with E-state index >= 15 is 0 Å². The minimum absolute atomic E-state index is 0.179. The lowest BCUT2D eigenvalue weighted by atomic mass is 10.2. The van der Waals surface area contributed by atoms with Gasteiger partial charge in [0, 0.05) is 17.9 Å². The van der Waals surface area contributed by atoms with Crippen LogP contribution in [0, 0.1) is 12.8 Å². The Hall–Kier alpha value is -1.55. The molecule has 1 aromatic carbocycles. The molecule has 0 aliphatic rings. The third-order valence-corrected chi connectivity index (χ3v) is 2.94. The molecular formula is C16H21ClO4. The van der Waals surface area contributed by atoms with E-state index in [4.69, 9.17) is 21.1 Å². The summed E-state index contributed by atoms with van der Waals surface area (Å²) >= 11 is 5.83. The second kappa shape index (κ2) is 8.67. The van der Waals surface area contributed by atoms with Crippen molar-refractivity contribution in [1.82, 2.24) is 0 Å². The Bertz CT molecular complexity index is 497. The Morgan fingerprint density at radius 1 is 1.19 bits per heavy atom. The molecule has 0 saturated carbocycles. The smallest absolute Gasteiger partial charge is 0.311 e. The van der Waals surface area contributed by atoms with E-state index in [-0.39, 0.29) is 24.8 Å². The molecule has 0 aromatic heterocycles. The SMILES string of the molecule is Cc1cc(Cl)ccc1OC(=O)CCCC(=O)OCC(C)C. The topological polar surface area (TPSA) is 52.6 Å². The first kappa shape index (κ1) is 17.5. The largest absolute Gasteiger partial charge is 0.465 e. The third-order valence-electron chi connectivity index (χ3n) is 2.70. The van der Waals surface area contributed by atoms with Gasteiger partial charge in [0.25, 0.3) is 0 Å². The Kier molecular flexibility index (Phi) is 7.23. The molecule has 0 bridgehead atoms. The summed E-state index contributed by atoms with van der Waals surface area (Å²) in [5.41, 5.74) is 0.798. The van der Waals surface area contributed by atoms with E-state index < -0.39 is 0 Å². The number of esters is 2. The molecule has 116 valence electrons. The van der Waals surface area contributed by atoms with Crippen molar-refractivity contribution in [2.24, 2.45) is 5.92 Å². The van der Waals surface area contributed by atoms with Gasteiger partial charge in [-0.2, -0.15) is 0 Å². The summed E-state index contributed by atoms with van der Waals surface area (Å²) in [5, 5.41) is 0.597. The van der Waals surface area contributed by atoms with Crippen LogP contribution in [0.4, 0.5) is 0 Å². The van der Waals surface area contributed by atoms with Crippen LogP contribution < -0.4 is 4.74 Å². The third kappa shape index (κ3) is 7.14. The molecule has 0 heterocycles. The molecule has 0 saturated heterocycles. The highest BCUT2D eigenvalue weighted by Crippen LogP contribution is 2.22. The second-order valence-electron chi connectivity index (χ2n) is 5.31. The number of carbonyl (C=O) groups excluding carboxylic acids is 2. The average Bonchev–Trinajstić information content (AvgIpc) is 2.39. The van der Waals surface area contributed by atoms with Gasteiger partial charge in [-0.25, -0.2) is 0 Å². The molecule has 0 atom stereocenters. The van der Waals surface area contributed by atoms with Crippen LogP contribution in [-0.4, -0.2) is 18.5 Å². The first-order chi connectivity index (χ1) is 9.88. The fourth-order valence-electron chi connectivity index (χ4n) is 1.61. The van der Waals surface area contributed by atoms with E-state index in [0.29, 0.717) is 29.7 Å². The molecule has 1 rings (SSSR count). The quantitative estimate of drug-likeness (QED) is 0.565. The van der Waals surface area contributed by atoms with Crippen LogP contribution in [0.25, 0.3) is 0 Å². The monoisotopic (exact) mass is 312 g/mol. The van der Waals surface area contributed by atoms with Gasteiger partial charge < -0.3 is 9.47 Å². The summed E-state index contributed by atoms with van der Waals surface area (Å²) in [4.78, 5) is 23.1. The lowest BCUT2D eigenvalue weighted by Crippen LogP contribution is -2.12. The standard InChI is InChI=1S/C16H21ClO4/c1-11(2)10-20-15(18)5-4-6-16(19)21-14-8-7-13(17)9-12(14)3/h7-9,11H,4-6,10H2,1-3H3. The van der Waals surface area contributed by atoms with E-state index in [1.165, 1.54) is 0 Å². The lowest BCUT2D eigenvalue weighted by Gasteiger charge is -2.08. The fraction of sp³-hybridized carbons (Fsp3) is 0.500. The summed E-state index contributed by atoms with van der Waals surface area (Å²) in [6.07, 6.45) is 0.822. The normalized spacial score (nSPS) is 10.5. The van der Waals surface area contributed by atoms with Gasteiger partial charge in [0.2, 0.25) is 0 Å². The summed E-state index contributed by atoms with van der Waals surface area (Å²) in [6, 6.07) is 5.06. The average molecular weight is 313 g/mol. The van der Waals surface area contributed by atoms with Crippen molar-refractivity contribution in [2.75, 3.05) is 6.61 Å². The number of hydrogen-bond acceptors (Lipinski definition) is 4. The molecule has 0 aliphatic heterocycles. The number of halogens is 1. The maximum atomic E-state index is 11.7. The second-order valence-corrected chi connectivity index (χ2v) is 5.75. The minimum atomic E-state index is -0.364. The molecule has 0 spiro atoms. The highest BCUT2D eigenvalue weighted by Gasteiger charge is 2.10. The maximum absolute atomic E-state index is 11.7. The van der Waals surface area contributed by atoms with Crippen LogP contribution in [0.15, 0.2) is 18.2 Å². The van der Waals surface area contributed by atoms with Crippen molar-refractivity contribution in [1.29, 1.82) is 0 Å². The molecule has 4 nitrogen and oxygen atoms in total. The molecular weight excluding hydrogens is 292 g/mol. The van der Waals surface area contributed by atoms with E-state index in [1.54, 1.807) is 18.2 Å². The number of hydrogen-bond donors (Lipinski definition) is 0. The summed E-state index contributed by atoms with van der Waals surface area (Å²) in [6.45, 7) is 6.17. The maximum Gasteiger partial charge on any atom is 0.311 e. The van der Waals surface area contributed by atoms with Crippen LogP contribution in [0.1, 0.15) is 38.7 Å². The van der Waals surface area contributed by atoms with Crippen molar-refractivity contribution >= 4 is 23.5 Å². The molecule has 5 heteroatoms. The zero-order chi connectivity index (χ0) is 15.8. The summed E-state index contributed by atoms with van der Waals surface area (Å²) < 4.78 is 10.3. The summed E-state index contributed by atoms with van der Waals surface area (Å²) in [7, 11) is 0. The number of ether oxygens (including phenoxy) is 2. The zero-order valence-electron chi connectivity index (χ0n) is 12.6. The highest BCUT2D eigenvalue weighted by molar-refractivity contribution is 6.30. The van der Waals surface area contributed by atoms with Crippen molar-refractivity contribution in [3.63, 3.8) is 0 Å². The molecule has 0 amide bonds. The van der Waals surface area contributed by atoms with Gasteiger partial charge >= 0.3 is 11.9 Å². The fourth-order valence-corrected chi connectivity index (χ4v) is 1.84. The molecule has 1 aromatic rings. The van der Waals surface area contributed by atoms with Crippen LogP contribution in [0.2, 0.25) is 5.02 Å². The Labute approximate surface area is 130 Å². The minimum Gasteiger partial charge on any atom is -0.465 e. The molecule has 21 heavy (non-hydrogen) atoms. The van der Waals surface area contributed by atoms with Crippen molar-refractivity contribution in [3.05, 3.63) is 28.8 Å². The van der Waals surface area contributed by atoms with E-state index in [1.807, 2.05) is 20.8 Å². The van der Waals surface area contributed by atoms with Gasteiger partial charge in [-0.05, 0) is 43.0 Å². The lowest BCUT2D eigenvalue weighted by molar-refractivity contribution is -0.145. The number of aryl methyl sites for hydroxylation is 1. The van der Waals surface area contributed by atoms with Gasteiger partial charge in [0.1, 0.15) is 5.75 Å². The summed E-state index contributed by atoms with van der Waals surface area (Å²) in [5.74, 6) is 0.162. The van der Waals surface area contributed by atoms with E-state index in [2.05, 4.69) is 0 Å². The van der Waals surface area contributed by atoms with Gasteiger partial charge in [-0.3, -0.25) is 9.59 Å². The molecule has 0 fully saturated rings. The van der Waals surface area contributed by atoms with Gasteiger partial charge in [-0.1, -0.05) is 25.4 Å². The van der Waals surface area contributed by atoms with Crippen molar-refractivity contribution < 1.29 is 19.1 Å². The first-order valence-corrected chi connectivity index (χ1v) is 7.38. The number of benzene rings is 1. The first-order valence-electron chi connectivity index (χ1n) is 7.01. The van der Waals surface area contributed by atoms with Gasteiger partial charge in [0.05, 0.1) is 6.61 Å². The number of rotatable bonds is 7. The molecule has 0 N–H and O–H groups in total. The Morgan fingerprint density at radius 3 is 2.48 bits per heavy atom. The van der Waals surface area contributed by atoms with Crippen molar-refractivity contribution in [3.8, 4) is 5.75 Å². The molecule has 0 radical (unpaired) electrons.